The third kappa shape index (κ3) is 4.18. The van der Waals surface area contributed by atoms with Crippen molar-refractivity contribution in [1.29, 1.82) is 5.26 Å². The number of nitrogens with zero attached hydrogens (tertiary/aromatic N) is 4. The third-order valence-corrected chi connectivity index (χ3v) is 3.99. The molecule has 0 aliphatic heterocycles. The topological polar surface area (TPSA) is 117 Å². The van der Waals surface area contributed by atoms with Gasteiger partial charge in [0, 0.05) is 16.2 Å². The van der Waals surface area contributed by atoms with Gasteiger partial charge in [-0.1, -0.05) is 15.9 Å². The van der Waals surface area contributed by atoms with Crippen LogP contribution in [0.15, 0.2) is 47.1 Å². The van der Waals surface area contributed by atoms with E-state index in [9.17, 15) is 24.2 Å². The molecule has 1 aromatic heterocycles. The van der Waals surface area contributed by atoms with E-state index in [1.54, 1.807) is 6.07 Å². The number of halogens is 3. The number of nitrogens with one attached hydrogen (secondary N) is 2. The first-order valence-electron chi connectivity index (χ1n) is 7.57. The van der Waals surface area contributed by atoms with Crippen LogP contribution in [-0.4, -0.2) is 14.9 Å². The number of nitro benzene ring substituents is 1. The molecule has 0 aliphatic rings. The van der Waals surface area contributed by atoms with Crippen LogP contribution in [0.1, 0.15) is 5.56 Å². The molecule has 2 aromatic carbocycles. The first kappa shape index (κ1) is 19.1. The molecule has 0 bridgehead atoms. The normalized spacial score (nSPS) is 10.2. The van der Waals surface area contributed by atoms with Crippen molar-refractivity contribution in [2.24, 2.45) is 0 Å². The maximum Gasteiger partial charge on any atom is 0.306 e. The molecule has 0 radical (unpaired) electrons. The highest BCUT2D eigenvalue weighted by Gasteiger charge is 2.15. The fourth-order valence-electron chi connectivity index (χ4n) is 2.20. The Morgan fingerprint density at radius 1 is 1.14 bits per heavy atom. The highest BCUT2D eigenvalue weighted by atomic mass is 79.9. The Labute approximate surface area is 165 Å². The summed E-state index contributed by atoms with van der Waals surface area (Å²) in [4.78, 5) is 18.0. The average molecular weight is 447 g/mol. The number of hydrogen-bond acceptors (Lipinski definition) is 7. The molecule has 0 fully saturated rings. The quantitative estimate of drug-likeness (QED) is 0.427. The number of benzene rings is 2. The minimum absolute atomic E-state index is 0.0258. The van der Waals surface area contributed by atoms with E-state index in [0.29, 0.717) is 4.47 Å². The molecule has 11 heteroatoms. The second-order valence-corrected chi connectivity index (χ2v) is 6.28. The van der Waals surface area contributed by atoms with E-state index in [1.165, 1.54) is 24.4 Å². The molecule has 0 amide bonds. The predicted molar refractivity (Wildman–Crippen MR) is 100 cm³/mol. The van der Waals surface area contributed by atoms with E-state index >= 15 is 0 Å². The van der Waals surface area contributed by atoms with Crippen molar-refractivity contribution in [2.75, 3.05) is 10.6 Å². The largest absolute Gasteiger partial charge is 0.337 e. The summed E-state index contributed by atoms with van der Waals surface area (Å²) in [6.45, 7) is 0. The van der Waals surface area contributed by atoms with Gasteiger partial charge in [0.05, 0.1) is 16.8 Å². The summed E-state index contributed by atoms with van der Waals surface area (Å²) < 4.78 is 28.0. The summed E-state index contributed by atoms with van der Waals surface area (Å²) in [5.74, 6) is -1.55. The van der Waals surface area contributed by atoms with Crippen molar-refractivity contribution >= 4 is 44.8 Å². The van der Waals surface area contributed by atoms with Gasteiger partial charge in [-0.25, -0.2) is 9.37 Å². The first-order chi connectivity index (χ1) is 13.4. The van der Waals surface area contributed by atoms with Gasteiger partial charge >= 0.3 is 5.69 Å². The van der Waals surface area contributed by atoms with Crippen molar-refractivity contribution in [2.45, 2.75) is 0 Å². The van der Waals surface area contributed by atoms with Gasteiger partial charge in [0.2, 0.25) is 11.8 Å². The van der Waals surface area contributed by atoms with Crippen LogP contribution >= 0.6 is 15.9 Å². The second kappa shape index (κ2) is 7.93. The van der Waals surface area contributed by atoms with Gasteiger partial charge in [0.15, 0.2) is 5.82 Å². The van der Waals surface area contributed by atoms with Crippen LogP contribution in [0.2, 0.25) is 0 Å². The lowest BCUT2D eigenvalue weighted by atomic mass is 10.2. The van der Waals surface area contributed by atoms with Gasteiger partial charge in [0.25, 0.3) is 0 Å². The molecule has 0 unspecified atom stereocenters. The van der Waals surface area contributed by atoms with Crippen molar-refractivity contribution in [3.05, 3.63) is 74.4 Å². The zero-order chi connectivity index (χ0) is 20.3. The minimum atomic E-state index is -0.982. The lowest BCUT2D eigenvalue weighted by Gasteiger charge is -2.11. The maximum absolute atomic E-state index is 14.0. The van der Waals surface area contributed by atoms with E-state index in [2.05, 4.69) is 36.5 Å². The number of rotatable bonds is 5. The fourth-order valence-corrected chi connectivity index (χ4v) is 2.53. The summed E-state index contributed by atoms with van der Waals surface area (Å²) in [6, 6.07) is 9.37. The van der Waals surface area contributed by atoms with Crippen molar-refractivity contribution in [3.8, 4) is 6.07 Å². The van der Waals surface area contributed by atoms with Crippen molar-refractivity contribution in [3.63, 3.8) is 0 Å². The Morgan fingerprint density at radius 2 is 1.93 bits per heavy atom. The van der Waals surface area contributed by atoms with Gasteiger partial charge in [-0.05, 0) is 30.3 Å². The number of aromatic nitrogens is 2. The fraction of sp³-hybridized carbons (Fsp3) is 0. The highest BCUT2D eigenvalue weighted by molar-refractivity contribution is 9.10. The predicted octanol–water partition coefficient (Wildman–Crippen LogP) is 4.78. The van der Waals surface area contributed by atoms with Crippen LogP contribution in [0.3, 0.4) is 0 Å². The average Bonchev–Trinajstić information content (AvgIpc) is 2.65. The smallest absolute Gasteiger partial charge is 0.306 e. The van der Waals surface area contributed by atoms with Gasteiger partial charge < -0.3 is 10.6 Å². The van der Waals surface area contributed by atoms with Crippen LogP contribution in [0.5, 0.6) is 0 Å². The highest BCUT2D eigenvalue weighted by Crippen LogP contribution is 2.26. The summed E-state index contributed by atoms with van der Waals surface area (Å²) in [5.41, 5.74) is -0.410. The molecule has 3 aromatic rings. The molecular formula is C17H9BrF2N6O2. The molecule has 28 heavy (non-hydrogen) atoms. The zero-order valence-electron chi connectivity index (χ0n) is 13.8. The minimum Gasteiger partial charge on any atom is -0.337 e. The van der Waals surface area contributed by atoms with Gasteiger partial charge in [-0.15, -0.1) is 0 Å². The maximum atomic E-state index is 14.0. The van der Waals surface area contributed by atoms with E-state index in [1.807, 2.05) is 6.07 Å². The molecular weight excluding hydrogens is 438 g/mol. The molecule has 140 valence electrons. The third-order valence-electron chi connectivity index (χ3n) is 3.49. The molecule has 0 atom stereocenters. The first-order valence-corrected chi connectivity index (χ1v) is 8.37. The van der Waals surface area contributed by atoms with Gasteiger partial charge in [-0.3, -0.25) is 10.1 Å². The van der Waals surface area contributed by atoms with E-state index < -0.39 is 22.2 Å². The summed E-state index contributed by atoms with van der Waals surface area (Å²) in [5, 5.41) is 25.4. The molecule has 0 saturated carbocycles. The molecule has 0 aliphatic carbocycles. The van der Waals surface area contributed by atoms with Crippen molar-refractivity contribution in [1.82, 2.24) is 9.97 Å². The summed E-state index contributed by atoms with van der Waals surface area (Å²) in [7, 11) is 0. The van der Waals surface area contributed by atoms with E-state index in [-0.39, 0.29) is 28.7 Å². The molecule has 0 saturated heterocycles. The standard InChI is InChI=1S/C17H9BrF2N6O2/c18-10-1-4-14(13(20)5-10)24-16-9(7-21)8-22-17(25-16)23-11-2-3-12(19)15(6-11)26(27)28/h1-6,8H,(H2,22,23,24,25). The molecule has 8 nitrogen and oxygen atoms in total. The SMILES string of the molecule is N#Cc1cnc(Nc2ccc(F)c([N+](=O)[O-])c2)nc1Nc1ccc(Br)cc1F. The molecule has 0 spiro atoms. The van der Waals surface area contributed by atoms with Crippen LogP contribution in [0.4, 0.5) is 37.6 Å². The monoisotopic (exact) mass is 446 g/mol. The molecule has 3 rings (SSSR count). The number of nitriles is 1. The number of hydrogen-bond donors (Lipinski definition) is 2. The summed E-state index contributed by atoms with van der Waals surface area (Å²) >= 11 is 3.15. The lowest BCUT2D eigenvalue weighted by Crippen LogP contribution is -2.04. The van der Waals surface area contributed by atoms with E-state index in [4.69, 9.17) is 0 Å². The van der Waals surface area contributed by atoms with E-state index in [0.717, 1.165) is 12.1 Å². The Morgan fingerprint density at radius 3 is 2.61 bits per heavy atom. The van der Waals surface area contributed by atoms with Crippen LogP contribution in [0.25, 0.3) is 0 Å². The second-order valence-electron chi connectivity index (χ2n) is 5.37. The van der Waals surface area contributed by atoms with Crippen LogP contribution in [0, 0.1) is 33.1 Å². The Kier molecular flexibility index (Phi) is 5.42. The van der Waals surface area contributed by atoms with Gasteiger partial charge in [-0.2, -0.15) is 14.6 Å². The lowest BCUT2D eigenvalue weighted by molar-refractivity contribution is -0.387. The number of nitro groups is 1. The molecule has 2 N–H and O–H groups in total. The number of anilines is 4. The summed E-state index contributed by atoms with van der Waals surface area (Å²) in [6.07, 6.45) is 1.20. The van der Waals surface area contributed by atoms with Crippen LogP contribution in [-0.2, 0) is 0 Å². The molecule has 1 heterocycles. The zero-order valence-corrected chi connectivity index (χ0v) is 15.4. The van der Waals surface area contributed by atoms with Gasteiger partial charge in [0.1, 0.15) is 17.4 Å². The Bertz CT molecular complexity index is 1120. The van der Waals surface area contributed by atoms with Crippen LogP contribution < -0.4 is 10.6 Å². The Balaban J connectivity index is 1.92. The van der Waals surface area contributed by atoms with Crippen molar-refractivity contribution < 1.29 is 13.7 Å². The Hall–Kier alpha value is -3.65.